The highest BCUT2D eigenvalue weighted by Gasteiger charge is 2.07. The second-order valence-electron chi connectivity index (χ2n) is 3.86. The van der Waals surface area contributed by atoms with Gasteiger partial charge in [0, 0.05) is 24.5 Å². The first-order chi connectivity index (χ1) is 7.13. The minimum absolute atomic E-state index is 0.361. The van der Waals surface area contributed by atoms with Gasteiger partial charge in [0.25, 0.3) is 0 Å². The molecule has 1 rings (SSSR count). The van der Waals surface area contributed by atoms with Gasteiger partial charge >= 0.3 is 0 Å². The molecule has 0 saturated carbocycles. The van der Waals surface area contributed by atoms with E-state index in [0.29, 0.717) is 6.04 Å². The summed E-state index contributed by atoms with van der Waals surface area (Å²) in [6.07, 6.45) is 0. The summed E-state index contributed by atoms with van der Waals surface area (Å²) in [6.45, 7) is 9.59. The summed E-state index contributed by atoms with van der Waals surface area (Å²) in [5.74, 6) is 0. The summed E-state index contributed by atoms with van der Waals surface area (Å²) in [5.41, 5.74) is 1.16. The largest absolute Gasteiger partial charge is 0.308 e. The van der Waals surface area contributed by atoms with Gasteiger partial charge in [0.1, 0.15) is 0 Å². The van der Waals surface area contributed by atoms with E-state index in [4.69, 9.17) is 0 Å². The minimum atomic E-state index is 0.361. The molecule has 0 amide bonds. The Morgan fingerprint density at radius 3 is 2.87 bits per heavy atom. The van der Waals surface area contributed by atoms with Crippen molar-refractivity contribution in [1.29, 1.82) is 0 Å². The van der Waals surface area contributed by atoms with E-state index in [1.54, 1.807) is 11.3 Å². The van der Waals surface area contributed by atoms with Crippen molar-refractivity contribution in [3.05, 3.63) is 16.1 Å². The zero-order chi connectivity index (χ0) is 11.3. The Labute approximate surface area is 96.5 Å². The molecule has 0 aliphatic heterocycles. The van der Waals surface area contributed by atoms with E-state index in [1.807, 2.05) is 6.92 Å². The molecule has 1 atom stereocenters. The Balaban J connectivity index is 2.27. The molecule has 0 saturated heterocycles. The van der Waals surface area contributed by atoms with E-state index in [-0.39, 0.29) is 0 Å². The van der Waals surface area contributed by atoms with Crippen molar-refractivity contribution in [3.8, 4) is 0 Å². The van der Waals surface area contributed by atoms with Crippen LogP contribution in [-0.2, 0) is 0 Å². The zero-order valence-corrected chi connectivity index (χ0v) is 10.9. The van der Waals surface area contributed by atoms with Crippen LogP contribution in [0.3, 0.4) is 0 Å². The Morgan fingerprint density at radius 2 is 2.33 bits per heavy atom. The standard InChI is InChI=1S/C11H21N3S/c1-5-14(4)7-6-12-9(2)11-8-15-10(3)13-11/h8-9,12H,5-7H2,1-4H3. The van der Waals surface area contributed by atoms with Crippen LogP contribution in [-0.4, -0.2) is 36.6 Å². The lowest BCUT2D eigenvalue weighted by molar-refractivity contribution is 0.341. The summed E-state index contributed by atoms with van der Waals surface area (Å²) >= 11 is 1.72. The number of hydrogen-bond acceptors (Lipinski definition) is 4. The molecule has 1 heterocycles. The number of hydrogen-bond donors (Lipinski definition) is 1. The first-order valence-corrected chi connectivity index (χ1v) is 6.35. The van der Waals surface area contributed by atoms with Crippen molar-refractivity contribution < 1.29 is 0 Å². The third-order valence-corrected chi connectivity index (χ3v) is 3.36. The second-order valence-corrected chi connectivity index (χ2v) is 4.93. The maximum absolute atomic E-state index is 4.47. The Bertz CT molecular complexity index is 285. The maximum Gasteiger partial charge on any atom is 0.0898 e. The van der Waals surface area contributed by atoms with Crippen molar-refractivity contribution in [1.82, 2.24) is 15.2 Å². The summed E-state index contributed by atoms with van der Waals surface area (Å²) in [6, 6.07) is 0.361. The molecule has 0 fully saturated rings. The van der Waals surface area contributed by atoms with E-state index in [0.717, 1.165) is 30.3 Å². The molecular formula is C11H21N3S. The van der Waals surface area contributed by atoms with E-state index in [1.165, 1.54) is 0 Å². The summed E-state index contributed by atoms with van der Waals surface area (Å²) in [4.78, 5) is 6.77. The smallest absolute Gasteiger partial charge is 0.0898 e. The van der Waals surface area contributed by atoms with Crippen molar-refractivity contribution in [2.45, 2.75) is 26.8 Å². The van der Waals surface area contributed by atoms with E-state index in [2.05, 4.69) is 41.5 Å². The average molecular weight is 227 g/mol. The summed E-state index contributed by atoms with van der Waals surface area (Å²) in [5, 5.41) is 6.76. The molecule has 0 spiro atoms. The fraction of sp³-hybridized carbons (Fsp3) is 0.727. The molecule has 1 unspecified atom stereocenters. The van der Waals surface area contributed by atoms with Crippen LogP contribution in [0, 0.1) is 6.92 Å². The lowest BCUT2D eigenvalue weighted by atomic mass is 10.2. The van der Waals surface area contributed by atoms with Crippen LogP contribution in [0.4, 0.5) is 0 Å². The van der Waals surface area contributed by atoms with Crippen LogP contribution >= 0.6 is 11.3 Å². The van der Waals surface area contributed by atoms with Crippen molar-refractivity contribution in [2.75, 3.05) is 26.7 Å². The van der Waals surface area contributed by atoms with Crippen LogP contribution in [0.5, 0.6) is 0 Å². The van der Waals surface area contributed by atoms with Gasteiger partial charge in [-0.3, -0.25) is 0 Å². The van der Waals surface area contributed by atoms with Gasteiger partial charge in [-0.15, -0.1) is 11.3 Å². The fourth-order valence-electron chi connectivity index (χ4n) is 1.31. The lowest BCUT2D eigenvalue weighted by Crippen LogP contribution is -2.30. The first kappa shape index (κ1) is 12.6. The maximum atomic E-state index is 4.47. The monoisotopic (exact) mass is 227 g/mol. The fourth-order valence-corrected chi connectivity index (χ4v) is 2.02. The number of aryl methyl sites for hydroxylation is 1. The van der Waals surface area contributed by atoms with Gasteiger partial charge in [-0.2, -0.15) is 0 Å². The molecule has 0 aliphatic carbocycles. The van der Waals surface area contributed by atoms with Gasteiger partial charge in [0.2, 0.25) is 0 Å². The molecule has 0 aliphatic rings. The Kier molecular flexibility index (Phi) is 5.22. The molecule has 1 N–H and O–H groups in total. The van der Waals surface area contributed by atoms with Crippen LogP contribution in [0.2, 0.25) is 0 Å². The summed E-state index contributed by atoms with van der Waals surface area (Å²) < 4.78 is 0. The highest BCUT2D eigenvalue weighted by molar-refractivity contribution is 7.09. The predicted molar refractivity (Wildman–Crippen MR) is 66.4 cm³/mol. The number of nitrogens with zero attached hydrogens (tertiary/aromatic N) is 2. The number of rotatable bonds is 6. The average Bonchev–Trinajstić information content (AvgIpc) is 2.64. The second kappa shape index (κ2) is 6.20. The van der Waals surface area contributed by atoms with E-state index >= 15 is 0 Å². The highest BCUT2D eigenvalue weighted by Crippen LogP contribution is 2.15. The first-order valence-electron chi connectivity index (χ1n) is 5.47. The normalized spacial score (nSPS) is 13.4. The number of thiazole rings is 1. The van der Waals surface area contributed by atoms with E-state index in [9.17, 15) is 0 Å². The number of nitrogens with one attached hydrogen (secondary N) is 1. The molecule has 15 heavy (non-hydrogen) atoms. The molecule has 0 bridgehead atoms. The zero-order valence-electron chi connectivity index (χ0n) is 10.1. The van der Waals surface area contributed by atoms with Gasteiger partial charge in [0.05, 0.1) is 10.7 Å². The molecule has 1 aromatic rings. The van der Waals surface area contributed by atoms with Crippen molar-refractivity contribution in [2.24, 2.45) is 0 Å². The quantitative estimate of drug-likeness (QED) is 0.806. The third-order valence-electron chi connectivity index (χ3n) is 2.56. The van der Waals surface area contributed by atoms with Crippen LogP contribution in [0.15, 0.2) is 5.38 Å². The Morgan fingerprint density at radius 1 is 1.60 bits per heavy atom. The molecular weight excluding hydrogens is 206 g/mol. The molecule has 0 radical (unpaired) electrons. The van der Waals surface area contributed by atoms with Gasteiger partial charge in [0.15, 0.2) is 0 Å². The topological polar surface area (TPSA) is 28.2 Å². The van der Waals surface area contributed by atoms with Crippen LogP contribution in [0.1, 0.15) is 30.6 Å². The van der Waals surface area contributed by atoms with E-state index < -0.39 is 0 Å². The molecule has 3 nitrogen and oxygen atoms in total. The molecule has 86 valence electrons. The molecule has 0 aromatic carbocycles. The van der Waals surface area contributed by atoms with Gasteiger partial charge in [-0.1, -0.05) is 6.92 Å². The molecule has 4 heteroatoms. The predicted octanol–water partition coefficient (Wildman–Crippen LogP) is 2.05. The van der Waals surface area contributed by atoms with Gasteiger partial charge < -0.3 is 10.2 Å². The number of aromatic nitrogens is 1. The minimum Gasteiger partial charge on any atom is -0.308 e. The van der Waals surface area contributed by atoms with Gasteiger partial charge in [-0.05, 0) is 27.4 Å². The van der Waals surface area contributed by atoms with Gasteiger partial charge in [-0.25, -0.2) is 4.98 Å². The molecule has 1 aromatic heterocycles. The van der Waals surface area contributed by atoms with Crippen molar-refractivity contribution >= 4 is 11.3 Å². The summed E-state index contributed by atoms with van der Waals surface area (Å²) in [7, 11) is 2.14. The Hall–Kier alpha value is -0.450. The van der Waals surface area contributed by atoms with Crippen LogP contribution < -0.4 is 5.32 Å². The number of likely N-dealkylation sites (N-methyl/N-ethyl adjacent to an activating group) is 1. The lowest BCUT2D eigenvalue weighted by Gasteiger charge is -2.16. The van der Waals surface area contributed by atoms with Crippen molar-refractivity contribution in [3.63, 3.8) is 0 Å². The third kappa shape index (κ3) is 4.28. The highest BCUT2D eigenvalue weighted by atomic mass is 32.1. The van der Waals surface area contributed by atoms with Crippen LogP contribution in [0.25, 0.3) is 0 Å². The SMILES string of the molecule is CCN(C)CCNC(C)c1csc(C)n1.